The Labute approximate surface area is 676 Å². The monoisotopic (exact) mass is 1530 g/mol. The molecule has 1 heterocycles. The van der Waals surface area contributed by atoms with Crippen LogP contribution in [-0.4, -0.2) is 97.7 Å². The molecule has 0 spiro atoms. The lowest BCUT2D eigenvalue weighted by atomic mass is 9.98. The fourth-order valence-corrected chi connectivity index (χ4v) is 13.0. The van der Waals surface area contributed by atoms with Gasteiger partial charge in [0.1, 0.15) is 12.4 Å². The maximum Gasteiger partial charge on any atom is 0.407 e. The van der Waals surface area contributed by atoms with E-state index in [0.717, 1.165) is 147 Å². The molecule has 10 N–H and O–H groups in total. The van der Waals surface area contributed by atoms with Gasteiger partial charge in [-0.25, -0.2) is 4.79 Å². The Kier molecular flexibility index (Phi) is 53.2. The number of rotatable bonds is 46. The Morgan fingerprint density at radius 1 is 0.402 bits per heavy atom. The van der Waals surface area contributed by atoms with Gasteiger partial charge in [-0.2, -0.15) is 0 Å². The van der Waals surface area contributed by atoms with Gasteiger partial charge < -0.3 is 43.0 Å². The van der Waals surface area contributed by atoms with Crippen LogP contribution in [0.15, 0.2) is 237 Å². The maximum atomic E-state index is 12.1. The number of amides is 3. The molecule has 0 bridgehead atoms. The second kappa shape index (κ2) is 62.1. The van der Waals surface area contributed by atoms with Gasteiger partial charge >= 0.3 is 6.09 Å². The van der Waals surface area contributed by atoms with Crippen molar-refractivity contribution in [1.82, 2.24) is 20.9 Å². The number of alkyl carbamates (subject to hydrolysis) is 1. The van der Waals surface area contributed by atoms with E-state index in [1.165, 1.54) is 76.8 Å². The van der Waals surface area contributed by atoms with Gasteiger partial charge in [0.25, 0.3) is 11.8 Å². The minimum absolute atomic E-state index is 0.140. The van der Waals surface area contributed by atoms with E-state index >= 15 is 0 Å². The number of imide groups is 1. The molecule has 5 atom stereocenters. The van der Waals surface area contributed by atoms with Crippen LogP contribution in [-0.2, 0) is 54.7 Å². The summed E-state index contributed by atoms with van der Waals surface area (Å²) < 4.78 is 5.28. The summed E-state index contributed by atoms with van der Waals surface area (Å²) in [5.74, 6) is 2.23. The lowest BCUT2D eigenvalue weighted by Gasteiger charge is -2.22. The summed E-state index contributed by atoms with van der Waals surface area (Å²) in [4.78, 5) is 49.3. The van der Waals surface area contributed by atoms with Gasteiger partial charge in [0.05, 0.1) is 11.1 Å². The molecule has 0 radical (unpaired) electrons. The number of ether oxygens (including phenoxy) is 1. The summed E-state index contributed by atoms with van der Waals surface area (Å²) in [6.07, 6.45) is 26.6. The standard InChI is InChI=1S/C31H40N2O2.C22H33N3.C17H18O.C15H19NO2.C7H17N.C7H16O/c1-26(12-11-23-32-31(34)35-25-29-17-9-4-10-18-29)24-33-30(21-19-27-13-5-2-6-14-27)22-20-28-15-7-3-8-16-28;23-17-7-12-21(24)18-25-22(15-13-19-8-3-1-4-9-19)16-14-20-10-5-2-6-11-20;18-17(13-11-15-7-3-1-4-8-15)14-12-16-9-5-2-6-10-16;1-3-4-7-11(2)10-16-14(17)12-8-5-6-9-13(12)15(16)18;2*1-3-4-5-7(2)6-8/h2-10,13-18,26,30,33H,11-12,19-25H2,1H3,(H,32,34);1-6,8-11,21-22,25H,7,12-18,23-24H2;1-10H,11-14H2;5-6,8-9,11H,3-4,7,10H2,1-2H3;7H,3-6,8H2,1-2H3;7-8H,3-6H2,1-2H3/t26-;21-;;11-;2*7-/m00.000/s1. The lowest BCUT2D eigenvalue weighted by Crippen LogP contribution is -2.40. The van der Waals surface area contributed by atoms with Crippen molar-refractivity contribution >= 4 is 23.7 Å². The van der Waals surface area contributed by atoms with Crippen LogP contribution >= 0.6 is 0 Å². The van der Waals surface area contributed by atoms with Crippen LogP contribution in [0.3, 0.4) is 0 Å². The molecule has 8 aromatic rings. The van der Waals surface area contributed by atoms with E-state index in [9.17, 15) is 19.2 Å². The minimum Gasteiger partial charge on any atom is -0.445 e. The van der Waals surface area contributed by atoms with Crippen molar-refractivity contribution in [2.75, 3.05) is 45.9 Å². The van der Waals surface area contributed by atoms with Crippen molar-refractivity contribution in [2.24, 2.45) is 40.9 Å². The fourth-order valence-electron chi connectivity index (χ4n) is 13.0. The first-order valence-electron chi connectivity index (χ1n) is 42.5. The Bertz CT molecular complexity index is 3410. The average Bonchev–Trinajstić information content (AvgIpc) is 1.64. The van der Waals surface area contributed by atoms with Crippen molar-refractivity contribution < 1.29 is 29.0 Å². The van der Waals surface area contributed by atoms with Crippen LogP contribution in [0.4, 0.5) is 4.79 Å². The second-order valence-electron chi connectivity index (χ2n) is 30.7. The summed E-state index contributed by atoms with van der Waals surface area (Å²) in [7, 11) is 0. The number of aliphatic hydroxyl groups is 1. The van der Waals surface area contributed by atoms with Crippen molar-refractivity contribution in [1.29, 1.82) is 0 Å². The number of benzene rings is 8. The zero-order valence-corrected chi connectivity index (χ0v) is 69.6. The van der Waals surface area contributed by atoms with Crippen molar-refractivity contribution in [3.05, 3.63) is 287 Å². The SMILES string of the molecule is CCCC[C@H](C)CN.CCCC[C@H](C)CN1C(=O)c2ccccc2C1=O.CCCC[C@H](C)CO.C[C@@H](CCCNC(=O)OCc1ccccc1)CNC(CCc1ccccc1)CCc1ccccc1.NCCC[C@H](N)CNC(CCc1ccccc1)CCc1ccccc1.O=C(CCc1ccccc1)CCc1ccccc1. The molecule has 13 nitrogen and oxygen atoms in total. The van der Waals surface area contributed by atoms with Crippen LogP contribution in [0, 0.1) is 23.7 Å². The Morgan fingerprint density at radius 3 is 1.11 bits per heavy atom. The number of nitrogens with two attached hydrogens (primary N) is 3. The first kappa shape index (κ1) is 96.0. The molecule has 0 unspecified atom stereocenters. The van der Waals surface area contributed by atoms with Crippen LogP contribution < -0.4 is 33.2 Å². The molecule has 0 saturated heterocycles. The molecular weight excluding hydrogens is 1380 g/mol. The number of hydrogen-bond donors (Lipinski definition) is 7. The number of hydrogen-bond acceptors (Lipinski definition) is 11. The third-order valence-corrected chi connectivity index (χ3v) is 20.4. The highest BCUT2D eigenvalue weighted by Crippen LogP contribution is 2.25. The molecule has 8 aromatic carbocycles. The first-order valence-corrected chi connectivity index (χ1v) is 42.5. The van der Waals surface area contributed by atoms with Gasteiger partial charge in [0, 0.05) is 57.2 Å². The van der Waals surface area contributed by atoms with Gasteiger partial charge in [0.15, 0.2) is 0 Å². The summed E-state index contributed by atoms with van der Waals surface area (Å²) >= 11 is 0. The number of nitrogens with one attached hydrogen (secondary N) is 3. The highest BCUT2D eigenvalue weighted by atomic mass is 16.5. The van der Waals surface area contributed by atoms with Crippen LogP contribution in [0.1, 0.15) is 230 Å². The van der Waals surface area contributed by atoms with Crippen LogP contribution in [0.2, 0.25) is 0 Å². The molecule has 1 aliphatic heterocycles. The molecule has 112 heavy (non-hydrogen) atoms. The maximum absolute atomic E-state index is 12.1. The number of carbonyl (C=O) groups is 4. The Morgan fingerprint density at radius 2 is 0.741 bits per heavy atom. The highest BCUT2D eigenvalue weighted by Gasteiger charge is 2.35. The smallest absolute Gasteiger partial charge is 0.407 e. The molecule has 9 rings (SSSR count). The van der Waals surface area contributed by atoms with Crippen LogP contribution in [0.25, 0.3) is 0 Å². The third kappa shape index (κ3) is 45.3. The van der Waals surface area contributed by atoms with Crippen molar-refractivity contribution in [3.63, 3.8) is 0 Å². The second-order valence-corrected chi connectivity index (χ2v) is 30.7. The van der Waals surface area contributed by atoms with Gasteiger partial charge in [-0.1, -0.05) is 311 Å². The molecule has 0 aliphatic carbocycles. The number of nitrogens with zero attached hydrogens (tertiary/aromatic N) is 1. The lowest BCUT2D eigenvalue weighted by molar-refractivity contribution is -0.119. The van der Waals surface area contributed by atoms with Gasteiger partial charge in [-0.05, 0) is 204 Å². The first-order chi connectivity index (χ1) is 54.6. The quantitative estimate of drug-likeness (QED) is 0.0141. The fraction of sp³-hybridized carbons (Fsp3) is 0.475. The molecule has 13 heteroatoms. The third-order valence-electron chi connectivity index (χ3n) is 20.4. The van der Waals surface area contributed by atoms with E-state index < -0.39 is 0 Å². The Balaban J connectivity index is 0.000000303. The summed E-state index contributed by atoms with van der Waals surface area (Å²) in [5, 5.41) is 19.0. The molecule has 0 aromatic heterocycles. The van der Waals surface area contributed by atoms with Crippen molar-refractivity contribution in [2.45, 2.75) is 234 Å². The average molecular weight is 1530 g/mol. The zero-order chi connectivity index (χ0) is 80.9. The number of fused-ring (bicyclic) bond motifs is 1. The predicted octanol–water partition coefficient (Wildman–Crippen LogP) is 20.3. The number of unbranched alkanes of at least 4 members (excludes halogenated alkanes) is 3. The molecular formula is C99H143N7O6. The number of ketones is 1. The molecule has 0 fully saturated rings. The minimum atomic E-state index is -0.346. The molecule has 1 aliphatic rings. The van der Waals surface area contributed by atoms with E-state index in [-0.39, 0.29) is 23.9 Å². The largest absolute Gasteiger partial charge is 0.445 e. The zero-order valence-electron chi connectivity index (χ0n) is 69.6. The van der Waals surface area contributed by atoms with E-state index in [2.05, 4.69) is 210 Å². The predicted molar refractivity (Wildman–Crippen MR) is 470 cm³/mol. The van der Waals surface area contributed by atoms with E-state index in [0.29, 0.717) is 85.9 Å². The number of aliphatic hydroxyl groups excluding tert-OH is 1. The van der Waals surface area contributed by atoms with E-state index in [4.69, 9.17) is 27.0 Å². The van der Waals surface area contributed by atoms with Crippen molar-refractivity contribution in [3.8, 4) is 0 Å². The number of Topliss-reactive ketones (excluding diaryl/α,β-unsaturated/α-hetero) is 1. The number of carbonyl (C=O) groups excluding carboxylic acids is 4. The normalized spacial score (nSPS) is 12.7. The van der Waals surface area contributed by atoms with Gasteiger partial charge in [0.2, 0.25) is 0 Å². The van der Waals surface area contributed by atoms with E-state index in [1.807, 2.05) is 66.7 Å². The summed E-state index contributed by atoms with van der Waals surface area (Å²) in [6.45, 7) is 20.5. The summed E-state index contributed by atoms with van der Waals surface area (Å²) in [5.41, 5.74) is 27.4. The Hall–Kier alpha value is -8.40. The highest BCUT2D eigenvalue weighted by molar-refractivity contribution is 6.21. The van der Waals surface area contributed by atoms with Gasteiger partial charge in [-0.3, -0.25) is 19.3 Å². The van der Waals surface area contributed by atoms with Crippen LogP contribution in [0.5, 0.6) is 0 Å². The topological polar surface area (TPSA) is 215 Å². The van der Waals surface area contributed by atoms with E-state index in [1.54, 1.807) is 24.3 Å². The summed E-state index contributed by atoms with van der Waals surface area (Å²) in [6, 6.07) is 81.3. The molecule has 610 valence electrons. The number of aryl methyl sites for hydroxylation is 6. The van der Waals surface area contributed by atoms with Gasteiger partial charge in [-0.15, -0.1) is 0 Å². The molecule has 0 saturated carbocycles. The molecule has 3 amide bonds.